The maximum absolute atomic E-state index is 13.4. The summed E-state index contributed by atoms with van der Waals surface area (Å²) < 4.78 is 40.0. The zero-order valence-electron chi connectivity index (χ0n) is 18.5. The van der Waals surface area contributed by atoms with Crippen LogP contribution in [0.2, 0.25) is 5.02 Å². The lowest BCUT2D eigenvalue weighted by molar-refractivity contribution is -0.139. The van der Waals surface area contributed by atoms with Crippen LogP contribution in [0.5, 0.6) is 0 Å². The van der Waals surface area contributed by atoms with Crippen LogP contribution in [0, 0.1) is 5.82 Å². The summed E-state index contributed by atoms with van der Waals surface area (Å²) in [5.74, 6) is -2.27. The van der Waals surface area contributed by atoms with Gasteiger partial charge in [0.25, 0.3) is 11.8 Å². The maximum atomic E-state index is 13.4. The highest BCUT2D eigenvalue weighted by atomic mass is 35.5. The van der Waals surface area contributed by atoms with E-state index in [-0.39, 0.29) is 42.5 Å². The molecule has 2 aromatic rings. The molecule has 0 spiro atoms. The minimum Gasteiger partial charge on any atom is -0.339 e. The van der Waals surface area contributed by atoms with E-state index in [0.29, 0.717) is 17.9 Å². The van der Waals surface area contributed by atoms with Crippen molar-refractivity contribution in [3.05, 3.63) is 64.9 Å². The standard InChI is InChI=1S/C23H25ClFN3O5S/c1-2-3-20(29)27-12-14-28(15-13-27)23(31)22(26-21(30)16-4-6-17(24)7-5-16)34(32,33)19-10-8-18(25)9-11-19/h4-11,22H,2-3,12-15H2,1H3,(H,26,30)/t22-/m0/s1. The Morgan fingerprint density at radius 3 is 2.09 bits per heavy atom. The number of piperazine rings is 1. The molecule has 1 aliphatic rings. The number of hydrogen-bond acceptors (Lipinski definition) is 5. The van der Waals surface area contributed by atoms with E-state index in [1.54, 1.807) is 4.90 Å². The van der Waals surface area contributed by atoms with Gasteiger partial charge in [0.2, 0.25) is 21.1 Å². The van der Waals surface area contributed by atoms with Crippen LogP contribution in [0.15, 0.2) is 53.4 Å². The van der Waals surface area contributed by atoms with Crippen molar-refractivity contribution >= 4 is 39.2 Å². The van der Waals surface area contributed by atoms with E-state index in [1.165, 1.54) is 29.2 Å². The fourth-order valence-electron chi connectivity index (χ4n) is 3.55. The van der Waals surface area contributed by atoms with E-state index in [1.807, 2.05) is 6.92 Å². The predicted octanol–water partition coefficient (Wildman–Crippen LogP) is 2.48. The smallest absolute Gasteiger partial charge is 0.261 e. The zero-order chi connectivity index (χ0) is 24.9. The van der Waals surface area contributed by atoms with Gasteiger partial charge in [0.15, 0.2) is 0 Å². The number of rotatable bonds is 7. The molecule has 1 fully saturated rings. The SMILES string of the molecule is CCCC(=O)N1CCN(C(=O)[C@@H](NC(=O)c2ccc(Cl)cc2)S(=O)(=O)c2ccc(F)cc2)CC1. The Labute approximate surface area is 202 Å². The van der Waals surface area contributed by atoms with Crippen LogP contribution in [0.3, 0.4) is 0 Å². The van der Waals surface area contributed by atoms with Gasteiger partial charge in [-0.3, -0.25) is 14.4 Å². The van der Waals surface area contributed by atoms with Gasteiger partial charge >= 0.3 is 0 Å². The van der Waals surface area contributed by atoms with Gasteiger partial charge in [0, 0.05) is 43.2 Å². The van der Waals surface area contributed by atoms with Crippen molar-refractivity contribution in [3.8, 4) is 0 Å². The zero-order valence-corrected chi connectivity index (χ0v) is 20.1. The molecule has 1 saturated heterocycles. The van der Waals surface area contributed by atoms with Crippen molar-refractivity contribution in [3.63, 3.8) is 0 Å². The molecular weight excluding hydrogens is 485 g/mol. The number of halogens is 2. The van der Waals surface area contributed by atoms with Gasteiger partial charge < -0.3 is 15.1 Å². The van der Waals surface area contributed by atoms with Crippen LogP contribution in [0.4, 0.5) is 4.39 Å². The number of carbonyl (C=O) groups excluding carboxylic acids is 3. The highest BCUT2D eigenvalue weighted by Gasteiger charge is 2.39. The summed E-state index contributed by atoms with van der Waals surface area (Å²) in [7, 11) is -4.41. The lowest BCUT2D eigenvalue weighted by atomic mass is 10.2. The first-order chi connectivity index (χ1) is 16.1. The molecule has 0 radical (unpaired) electrons. The Hall–Kier alpha value is -2.98. The second-order valence-electron chi connectivity index (χ2n) is 7.82. The first-order valence-electron chi connectivity index (χ1n) is 10.8. The molecule has 1 aliphatic heterocycles. The first kappa shape index (κ1) is 25.6. The number of hydrogen-bond donors (Lipinski definition) is 1. The van der Waals surface area contributed by atoms with Crippen molar-refractivity contribution in [2.45, 2.75) is 30.0 Å². The second kappa shape index (κ2) is 11.0. The normalized spacial score (nSPS) is 15.0. The van der Waals surface area contributed by atoms with Gasteiger partial charge in [-0.25, -0.2) is 12.8 Å². The summed E-state index contributed by atoms with van der Waals surface area (Å²) in [5, 5.41) is 0.778. The minimum absolute atomic E-state index is 0.0267. The fourth-order valence-corrected chi connectivity index (χ4v) is 5.14. The number of benzene rings is 2. The largest absolute Gasteiger partial charge is 0.339 e. The molecule has 3 amide bonds. The summed E-state index contributed by atoms with van der Waals surface area (Å²) in [6.07, 6.45) is 1.10. The topological polar surface area (TPSA) is 104 Å². The summed E-state index contributed by atoms with van der Waals surface area (Å²) in [5.41, 5.74) is 0.117. The van der Waals surface area contributed by atoms with Crippen LogP contribution >= 0.6 is 11.6 Å². The third kappa shape index (κ3) is 5.92. The minimum atomic E-state index is -4.41. The predicted molar refractivity (Wildman–Crippen MR) is 124 cm³/mol. The van der Waals surface area contributed by atoms with Crippen molar-refractivity contribution in [1.82, 2.24) is 15.1 Å². The molecule has 1 atom stereocenters. The summed E-state index contributed by atoms with van der Waals surface area (Å²) in [6, 6.07) is 9.76. The fraction of sp³-hybridized carbons (Fsp3) is 0.348. The van der Waals surface area contributed by atoms with Gasteiger partial charge in [0.05, 0.1) is 4.90 Å². The molecule has 0 aliphatic carbocycles. The van der Waals surface area contributed by atoms with Crippen LogP contribution in [-0.2, 0) is 19.4 Å². The Morgan fingerprint density at radius 2 is 1.53 bits per heavy atom. The molecule has 8 nitrogen and oxygen atoms in total. The van der Waals surface area contributed by atoms with Gasteiger partial charge in [0.1, 0.15) is 5.82 Å². The summed E-state index contributed by atoms with van der Waals surface area (Å²) >= 11 is 5.85. The molecule has 1 N–H and O–H groups in total. The van der Waals surface area contributed by atoms with Crippen molar-refractivity contribution in [1.29, 1.82) is 0 Å². The molecular formula is C23H25ClFN3O5S. The number of sulfone groups is 1. The molecule has 2 aromatic carbocycles. The van der Waals surface area contributed by atoms with Gasteiger partial charge in [-0.2, -0.15) is 0 Å². The van der Waals surface area contributed by atoms with Crippen molar-refractivity contribution in [2.24, 2.45) is 0 Å². The molecule has 3 rings (SSSR count). The third-order valence-electron chi connectivity index (χ3n) is 5.45. The van der Waals surface area contributed by atoms with E-state index in [2.05, 4.69) is 5.32 Å². The molecule has 11 heteroatoms. The van der Waals surface area contributed by atoms with Gasteiger partial charge in [-0.15, -0.1) is 0 Å². The molecule has 0 bridgehead atoms. The Kier molecular flexibility index (Phi) is 8.27. The lowest BCUT2D eigenvalue weighted by Crippen LogP contribution is -2.57. The van der Waals surface area contributed by atoms with E-state index in [9.17, 15) is 27.2 Å². The quantitative estimate of drug-likeness (QED) is 0.577. The molecule has 34 heavy (non-hydrogen) atoms. The third-order valence-corrected chi connectivity index (χ3v) is 7.57. The maximum Gasteiger partial charge on any atom is 0.261 e. The average molecular weight is 510 g/mol. The average Bonchev–Trinajstić information content (AvgIpc) is 2.83. The van der Waals surface area contributed by atoms with E-state index >= 15 is 0 Å². The molecule has 182 valence electrons. The second-order valence-corrected chi connectivity index (χ2v) is 10.3. The van der Waals surface area contributed by atoms with Crippen LogP contribution in [0.1, 0.15) is 30.1 Å². The highest BCUT2D eigenvalue weighted by Crippen LogP contribution is 2.19. The number of nitrogens with one attached hydrogen (secondary N) is 1. The first-order valence-corrected chi connectivity index (χ1v) is 12.7. The highest BCUT2D eigenvalue weighted by molar-refractivity contribution is 7.92. The summed E-state index contributed by atoms with van der Waals surface area (Å²) in [4.78, 5) is 40.9. The Balaban J connectivity index is 1.86. The number of carbonyl (C=O) groups is 3. The monoisotopic (exact) mass is 509 g/mol. The van der Waals surface area contributed by atoms with E-state index in [4.69, 9.17) is 11.6 Å². The Morgan fingerprint density at radius 1 is 0.971 bits per heavy atom. The van der Waals surface area contributed by atoms with Crippen LogP contribution < -0.4 is 5.32 Å². The molecule has 0 saturated carbocycles. The summed E-state index contributed by atoms with van der Waals surface area (Å²) in [6.45, 7) is 2.67. The molecule has 1 heterocycles. The lowest BCUT2D eigenvalue weighted by Gasteiger charge is -2.36. The number of nitrogens with zero attached hydrogens (tertiary/aromatic N) is 2. The van der Waals surface area contributed by atoms with E-state index < -0.39 is 32.8 Å². The molecule has 0 unspecified atom stereocenters. The van der Waals surface area contributed by atoms with Crippen LogP contribution in [0.25, 0.3) is 0 Å². The van der Waals surface area contributed by atoms with E-state index in [0.717, 1.165) is 24.3 Å². The van der Waals surface area contributed by atoms with Gasteiger partial charge in [-0.1, -0.05) is 18.5 Å². The van der Waals surface area contributed by atoms with Gasteiger partial charge in [-0.05, 0) is 55.0 Å². The van der Waals surface area contributed by atoms with Crippen molar-refractivity contribution < 1.29 is 27.2 Å². The number of amides is 3. The Bertz CT molecular complexity index is 1150. The van der Waals surface area contributed by atoms with Crippen molar-refractivity contribution in [2.75, 3.05) is 26.2 Å². The molecule has 0 aromatic heterocycles. The van der Waals surface area contributed by atoms with Crippen LogP contribution in [-0.4, -0.2) is 67.5 Å².